The molecule has 2 N–H and O–H groups in total. The topological polar surface area (TPSA) is 127 Å². The van der Waals surface area contributed by atoms with Crippen molar-refractivity contribution in [1.29, 1.82) is 0 Å². The summed E-state index contributed by atoms with van der Waals surface area (Å²) in [7, 11) is 4.27. The Balaban J connectivity index is 1.94. The van der Waals surface area contributed by atoms with E-state index < -0.39 is 17.0 Å². The lowest BCUT2D eigenvalue weighted by atomic mass is 10.2. The number of aromatic nitrogens is 5. The number of hydrogen-bond donors (Lipinski definition) is 1. The molecule has 0 unspecified atom stereocenters. The molecule has 1 aromatic carbocycles. The fraction of sp³-hybridized carbons (Fsp3) is 0.250. The van der Waals surface area contributed by atoms with Crippen LogP contribution in [0.5, 0.6) is 5.75 Å². The van der Waals surface area contributed by atoms with Crippen molar-refractivity contribution in [2.24, 2.45) is 14.1 Å². The molecule has 0 saturated carbocycles. The zero-order valence-corrected chi connectivity index (χ0v) is 18.2. The third-order valence-corrected chi connectivity index (χ3v) is 5.66. The van der Waals surface area contributed by atoms with Crippen LogP contribution in [0.3, 0.4) is 0 Å². The maximum Gasteiger partial charge on any atom is 0.332 e. The molecule has 0 saturated heterocycles. The summed E-state index contributed by atoms with van der Waals surface area (Å²) in [6, 6.07) is 7.38. The average Bonchev–Trinajstić information content (AvgIpc) is 3.17. The van der Waals surface area contributed by atoms with Gasteiger partial charge in [-0.15, -0.1) is 16.8 Å². The highest BCUT2D eigenvalue weighted by Gasteiger charge is 2.22. The van der Waals surface area contributed by atoms with Gasteiger partial charge in [-0.2, -0.15) is 0 Å². The smallest absolute Gasteiger partial charge is 0.332 e. The number of thioether (sulfide) groups is 1. The Morgan fingerprint density at radius 1 is 1.23 bits per heavy atom. The molecule has 0 aliphatic carbocycles. The van der Waals surface area contributed by atoms with Crippen LogP contribution in [-0.4, -0.2) is 42.5 Å². The van der Waals surface area contributed by atoms with Crippen LogP contribution in [0.2, 0.25) is 0 Å². The summed E-state index contributed by atoms with van der Waals surface area (Å²) in [6.45, 7) is 4.17. The van der Waals surface area contributed by atoms with Gasteiger partial charge in [0.05, 0.1) is 18.4 Å². The van der Waals surface area contributed by atoms with Crippen molar-refractivity contribution in [3.63, 3.8) is 0 Å². The molecule has 11 heteroatoms. The molecule has 0 fully saturated rings. The number of Topliss-reactive ketones (excluding diaryl/α,β-unsaturated/α-hetero) is 1. The number of nitrogens with zero attached hydrogens (tertiary/aromatic N) is 5. The quantitative estimate of drug-likeness (QED) is 0.312. The molecule has 0 amide bonds. The van der Waals surface area contributed by atoms with Crippen LogP contribution < -0.4 is 21.7 Å². The first kappa shape index (κ1) is 22.1. The van der Waals surface area contributed by atoms with E-state index in [1.165, 1.54) is 14.1 Å². The van der Waals surface area contributed by atoms with Crippen molar-refractivity contribution in [2.75, 3.05) is 18.6 Å². The molecule has 0 spiro atoms. The number of ketones is 1. The number of carbonyl (C=O) groups excluding carboxylic acids is 1. The first-order valence-electron chi connectivity index (χ1n) is 9.20. The van der Waals surface area contributed by atoms with Gasteiger partial charge in [0.2, 0.25) is 0 Å². The molecule has 3 rings (SSSR count). The van der Waals surface area contributed by atoms with Crippen molar-refractivity contribution in [2.45, 2.75) is 11.7 Å². The number of rotatable bonds is 8. The highest BCUT2D eigenvalue weighted by molar-refractivity contribution is 7.99. The fourth-order valence-electron chi connectivity index (χ4n) is 3.04. The zero-order valence-electron chi connectivity index (χ0n) is 17.4. The first-order valence-corrected chi connectivity index (χ1v) is 10.2. The third kappa shape index (κ3) is 4.04. The number of benzene rings is 1. The minimum Gasteiger partial charge on any atom is -0.496 e. The standard InChI is InChI=1S/C20H22N6O4S/c1-5-10-26-17(12-8-6-7-9-14(12)30-4)22-23-19(26)31-11-13(27)15-16(21)24(2)20(29)25(3)18(15)28/h5-9H,1,10-11,21H2,2-4H3. The monoisotopic (exact) mass is 442 g/mol. The van der Waals surface area contributed by atoms with E-state index in [0.717, 1.165) is 26.5 Å². The molecule has 0 bridgehead atoms. The second-order valence-electron chi connectivity index (χ2n) is 6.58. The molecule has 2 heterocycles. The van der Waals surface area contributed by atoms with Crippen molar-refractivity contribution in [3.05, 3.63) is 63.3 Å². The summed E-state index contributed by atoms with van der Waals surface area (Å²) in [6.07, 6.45) is 1.69. The number of nitrogens with two attached hydrogens (primary N) is 1. The SMILES string of the molecule is C=CCn1c(SCC(=O)c2c(N)n(C)c(=O)n(C)c2=O)nnc1-c1ccccc1OC. The predicted octanol–water partition coefficient (Wildman–Crippen LogP) is 1.09. The fourth-order valence-corrected chi connectivity index (χ4v) is 3.86. The van der Waals surface area contributed by atoms with E-state index in [1.54, 1.807) is 17.8 Å². The van der Waals surface area contributed by atoms with Crippen LogP contribution >= 0.6 is 11.8 Å². The van der Waals surface area contributed by atoms with Crippen LogP contribution in [-0.2, 0) is 20.6 Å². The summed E-state index contributed by atoms with van der Waals surface area (Å²) in [5.41, 5.74) is 5.06. The van der Waals surface area contributed by atoms with Gasteiger partial charge < -0.3 is 10.5 Å². The Morgan fingerprint density at radius 3 is 2.61 bits per heavy atom. The molecule has 162 valence electrons. The molecule has 3 aromatic rings. The number of ether oxygens (including phenoxy) is 1. The Labute approximate surface area is 182 Å². The summed E-state index contributed by atoms with van der Waals surface area (Å²) in [5.74, 6) is 0.407. The Hall–Kier alpha value is -3.60. The van der Waals surface area contributed by atoms with E-state index in [2.05, 4.69) is 16.8 Å². The van der Waals surface area contributed by atoms with Crippen LogP contribution in [0.1, 0.15) is 10.4 Å². The Kier molecular flexibility index (Phi) is 6.44. The van der Waals surface area contributed by atoms with E-state index in [-0.39, 0.29) is 17.1 Å². The highest BCUT2D eigenvalue weighted by atomic mass is 32.2. The number of hydrogen-bond acceptors (Lipinski definition) is 8. The van der Waals surface area contributed by atoms with Gasteiger partial charge in [0.1, 0.15) is 17.1 Å². The number of anilines is 1. The molecule has 31 heavy (non-hydrogen) atoms. The van der Waals surface area contributed by atoms with E-state index >= 15 is 0 Å². The minimum absolute atomic E-state index is 0.112. The van der Waals surface area contributed by atoms with E-state index in [9.17, 15) is 14.4 Å². The van der Waals surface area contributed by atoms with Crippen molar-refractivity contribution in [1.82, 2.24) is 23.9 Å². The van der Waals surface area contributed by atoms with Crippen molar-refractivity contribution >= 4 is 23.4 Å². The maximum absolute atomic E-state index is 12.8. The van der Waals surface area contributed by atoms with Gasteiger partial charge in [-0.1, -0.05) is 30.0 Å². The van der Waals surface area contributed by atoms with Gasteiger partial charge in [-0.05, 0) is 12.1 Å². The molecule has 0 radical (unpaired) electrons. The maximum atomic E-state index is 12.8. The number of nitrogen functional groups attached to an aromatic ring is 1. The first-order chi connectivity index (χ1) is 14.8. The van der Waals surface area contributed by atoms with Gasteiger partial charge in [-0.3, -0.25) is 23.3 Å². The van der Waals surface area contributed by atoms with Gasteiger partial charge in [0.15, 0.2) is 16.8 Å². The number of carbonyl (C=O) groups is 1. The van der Waals surface area contributed by atoms with Crippen LogP contribution in [0.25, 0.3) is 11.4 Å². The Morgan fingerprint density at radius 2 is 1.94 bits per heavy atom. The van der Waals surface area contributed by atoms with E-state index in [0.29, 0.717) is 23.3 Å². The summed E-state index contributed by atoms with van der Waals surface area (Å²) in [4.78, 5) is 37.2. The van der Waals surface area contributed by atoms with Gasteiger partial charge in [-0.25, -0.2) is 4.79 Å². The summed E-state index contributed by atoms with van der Waals surface area (Å²) < 4.78 is 9.13. The molecule has 0 aliphatic heterocycles. The lowest BCUT2D eigenvalue weighted by Crippen LogP contribution is -2.41. The van der Waals surface area contributed by atoms with Crippen molar-refractivity contribution < 1.29 is 9.53 Å². The number of methoxy groups -OCH3 is 1. The lowest BCUT2D eigenvalue weighted by Gasteiger charge is -2.11. The number of para-hydroxylation sites is 1. The van der Waals surface area contributed by atoms with E-state index in [1.807, 2.05) is 24.3 Å². The minimum atomic E-state index is -0.728. The normalized spacial score (nSPS) is 10.8. The second kappa shape index (κ2) is 9.04. The average molecular weight is 443 g/mol. The lowest BCUT2D eigenvalue weighted by molar-refractivity contribution is 0.102. The molecular weight excluding hydrogens is 420 g/mol. The van der Waals surface area contributed by atoms with Crippen LogP contribution in [0.4, 0.5) is 5.82 Å². The molecular formula is C20H22N6O4S. The van der Waals surface area contributed by atoms with Crippen molar-refractivity contribution in [3.8, 4) is 17.1 Å². The largest absolute Gasteiger partial charge is 0.496 e. The molecule has 2 aromatic heterocycles. The third-order valence-electron chi connectivity index (χ3n) is 4.70. The van der Waals surface area contributed by atoms with E-state index in [4.69, 9.17) is 10.5 Å². The summed E-state index contributed by atoms with van der Waals surface area (Å²) in [5, 5.41) is 8.92. The molecule has 10 nitrogen and oxygen atoms in total. The van der Waals surface area contributed by atoms with Gasteiger partial charge in [0, 0.05) is 20.6 Å². The van der Waals surface area contributed by atoms with Gasteiger partial charge >= 0.3 is 5.69 Å². The summed E-state index contributed by atoms with van der Waals surface area (Å²) >= 11 is 1.11. The van der Waals surface area contributed by atoms with Crippen LogP contribution in [0.15, 0.2) is 51.7 Å². The van der Waals surface area contributed by atoms with Gasteiger partial charge in [0.25, 0.3) is 5.56 Å². The van der Waals surface area contributed by atoms with Crippen LogP contribution in [0, 0.1) is 0 Å². The molecule has 0 aliphatic rings. The predicted molar refractivity (Wildman–Crippen MR) is 119 cm³/mol. The second-order valence-corrected chi connectivity index (χ2v) is 7.53. The highest BCUT2D eigenvalue weighted by Crippen LogP contribution is 2.31. The number of allylic oxidation sites excluding steroid dienone is 1. The Bertz CT molecular complexity index is 1270. The zero-order chi connectivity index (χ0) is 22.7. The molecule has 0 atom stereocenters.